The van der Waals surface area contributed by atoms with Gasteiger partial charge >= 0.3 is 0 Å². The van der Waals surface area contributed by atoms with Gasteiger partial charge in [-0.3, -0.25) is 4.79 Å². The number of aliphatic hydroxyl groups excluding tert-OH is 1. The molecule has 0 aliphatic heterocycles. The summed E-state index contributed by atoms with van der Waals surface area (Å²) in [4.78, 5) is 11.7. The van der Waals surface area contributed by atoms with Gasteiger partial charge in [-0.2, -0.15) is 0 Å². The number of nitrogens with one attached hydrogen (secondary N) is 1. The Morgan fingerprint density at radius 2 is 2.24 bits per heavy atom. The molecule has 1 atom stereocenters. The Kier molecular flexibility index (Phi) is 5.15. The number of hydrogen-bond donors (Lipinski definition) is 2. The van der Waals surface area contributed by atoms with Crippen molar-refractivity contribution < 1.29 is 14.4 Å². The molecular formula is C12H20N2O3. The van der Waals surface area contributed by atoms with Gasteiger partial charge in [-0.25, -0.2) is 0 Å². The number of aromatic nitrogens is 1. The van der Waals surface area contributed by atoms with Gasteiger partial charge in [-0.05, 0) is 26.7 Å². The maximum atomic E-state index is 11.7. The molecule has 1 heterocycles. The number of rotatable bonds is 6. The van der Waals surface area contributed by atoms with Crippen LogP contribution in [0.25, 0.3) is 0 Å². The van der Waals surface area contributed by atoms with Crippen molar-refractivity contribution in [3.8, 4) is 0 Å². The summed E-state index contributed by atoms with van der Waals surface area (Å²) in [5.41, 5.74) is 1.85. The molecule has 1 amide bonds. The van der Waals surface area contributed by atoms with Crippen LogP contribution in [0, 0.1) is 19.8 Å². The zero-order chi connectivity index (χ0) is 12.8. The van der Waals surface area contributed by atoms with Crippen LogP contribution < -0.4 is 5.32 Å². The van der Waals surface area contributed by atoms with Crippen molar-refractivity contribution in [2.24, 2.45) is 5.92 Å². The Morgan fingerprint density at radius 3 is 2.76 bits per heavy atom. The lowest BCUT2D eigenvalue weighted by Gasteiger charge is -2.11. The molecule has 0 spiro atoms. The van der Waals surface area contributed by atoms with E-state index in [2.05, 4.69) is 10.5 Å². The second-order valence-electron chi connectivity index (χ2n) is 4.28. The third-order valence-corrected chi connectivity index (χ3v) is 2.77. The number of carbonyl (C=O) groups excluding carboxylic acids is 1. The highest BCUT2D eigenvalue weighted by Crippen LogP contribution is 2.17. The monoisotopic (exact) mass is 240 g/mol. The smallest absolute Gasteiger partial charge is 0.223 e. The minimum atomic E-state index is -0.120. The normalized spacial score (nSPS) is 12.5. The third-order valence-electron chi connectivity index (χ3n) is 2.77. The average Bonchev–Trinajstić information content (AvgIpc) is 2.61. The first-order chi connectivity index (χ1) is 8.06. The van der Waals surface area contributed by atoms with Crippen LogP contribution in [0.1, 0.15) is 30.4 Å². The Labute approximate surface area is 101 Å². The van der Waals surface area contributed by atoms with Crippen molar-refractivity contribution in [1.29, 1.82) is 0 Å². The zero-order valence-corrected chi connectivity index (χ0v) is 10.6. The van der Waals surface area contributed by atoms with Gasteiger partial charge in [0.05, 0.1) is 5.69 Å². The van der Waals surface area contributed by atoms with Crippen molar-refractivity contribution in [2.75, 3.05) is 13.2 Å². The number of carbonyl (C=O) groups is 1. The highest BCUT2D eigenvalue weighted by atomic mass is 16.5. The van der Waals surface area contributed by atoms with Gasteiger partial charge in [-0.15, -0.1) is 0 Å². The predicted molar refractivity (Wildman–Crippen MR) is 63.6 cm³/mol. The molecule has 0 fully saturated rings. The molecule has 1 aromatic rings. The molecule has 1 unspecified atom stereocenters. The lowest BCUT2D eigenvalue weighted by molar-refractivity contribution is -0.124. The fraction of sp³-hybridized carbons (Fsp3) is 0.667. The van der Waals surface area contributed by atoms with Gasteiger partial charge in [0.2, 0.25) is 5.91 Å². The molecule has 0 saturated carbocycles. The minimum Gasteiger partial charge on any atom is -0.396 e. The number of amides is 1. The molecule has 5 nitrogen and oxygen atoms in total. The van der Waals surface area contributed by atoms with Crippen molar-refractivity contribution >= 4 is 5.91 Å². The van der Waals surface area contributed by atoms with Gasteiger partial charge in [0.1, 0.15) is 5.76 Å². The Hall–Kier alpha value is -1.36. The van der Waals surface area contributed by atoms with E-state index in [0.717, 1.165) is 17.0 Å². The topological polar surface area (TPSA) is 75.4 Å². The van der Waals surface area contributed by atoms with E-state index in [1.165, 1.54) is 0 Å². The largest absolute Gasteiger partial charge is 0.396 e. The maximum absolute atomic E-state index is 11.7. The molecule has 96 valence electrons. The van der Waals surface area contributed by atoms with E-state index < -0.39 is 0 Å². The summed E-state index contributed by atoms with van der Waals surface area (Å²) in [7, 11) is 0. The van der Waals surface area contributed by atoms with E-state index in [0.29, 0.717) is 19.4 Å². The summed E-state index contributed by atoms with van der Waals surface area (Å²) in [6, 6.07) is 0. The number of nitrogens with zero attached hydrogens (tertiary/aromatic N) is 1. The standard InChI is InChI=1S/C12H20N2O3/c1-8(12(16)13-5-4-6-15)7-11-9(2)14-17-10(11)3/h8,15H,4-7H2,1-3H3,(H,13,16). The second kappa shape index (κ2) is 6.39. The molecule has 0 bridgehead atoms. The van der Waals surface area contributed by atoms with Crippen LogP contribution >= 0.6 is 0 Å². The van der Waals surface area contributed by atoms with E-state index >= 15 is 0 Å². The van der Waals surface area contributed by atoms with Gasteiger partial charge in [-0.1, -0.05) is 12.1 Å². The average molecular weight is 240 g/mol. The molecule has 1 rings (SSSR count). The fourth-order valence-electron chi connectivity index (χ4n) is 1.66. The number of hydrogen-bond acceptors (Lipinski definition) is 4. The molecular weight excluding hydrogens is 220 g/mol. The van der Waals surface area contributed by atoms with Crippen molar-refractivity contribution in [1.82, 2.24) is 10.5 Å². The van der Waals surface area contributed by atoms with Gasteiger partial charge in [0, 0.05) is 24.6 Å². The maximum Gasteiger partial charge on any atom is 0.223 e. The first-order valence-corrected chi connectivity index (χ1v) is 5.86. The Balaban J connectivity index is 2.48. The first-order valence-electron chi connectivity index (χ1n) is 5.86. The van der Waals surface area contributed by atoms with Crippen LogP contribution in [0.3, 0.4) is 0 Å². The summed E-state index contributed by atoms with van der Waals surface area (Å²) in [6.45, 7) is 6.22. The van der Waals surface area contributed by atoms with Gasteiger partial charge in [0.25, 0.3) is 0 Å². The van der Waals surface area contributed by atoms with E-state index in [4.69, 9.17) is 9.63 Å². The van der Waals surface area contributed by atoms with E-state index in [9.17, 15) is 4.79 Å². The quantitative estimate of drug-likeness (QED) is 0.726. The minimum absolute atomic E-state index is 0.00144. The molecule has 0 aromatic carbocycles. The SMILES string of the molecule is Cc1noc(C)c1CC(C)C(=O)NCCCO. The molecule has 0 aliphatic carbocycles. The highest BCUT2D eigenvalue weighted by molar-refractivity contribution is 5.78. The summed E-state index contributed by atoms with van der Waals surface area (Å²) >= 11 is 0. The van der Waals surface area contributed by atoms with E-state index in [1.807, 2.05) is 20.8 Å². The summed E-state index contributed by atoms with van der Waals surface area (Å²) < 4.78 is 5.06. The summed E-state index contributed by atoms with van der Waals surface area (Å²) in [6.07, 6.45) is 1.22. The van der Waals surface area contributed by atoms with Crippen molar-refractivity contribution in [3.63, 3.8) is 0 Å². The van der Waals surface area contributed by atoms with Crippen LogP contribution in [-0.2, 0) is 11.2 Å². The van der Waals surface area contributed by atoms with Crippen molar-refractivity contribution in [3.05, 3.63) is 17.0 Å². The number of aliphatic hydroxyl groups is 1. The van der Waals surface area contributed by atoms with Crippen molar-refractivity contribution in [2.45, 2.75) is 33.6 Å². The van der Waals surface area contributed by atoms with Gasteiger partial charge < -0.3 is 14.9 Å². The summed E-state index contributed by atoms with van der Waals surface area (Å²) in [5.74, 6) is 0.654. The predicted octanol–water partition coefficient (Wildman–Crippen LogP) is 0.969. The lowest BCUT2D eigenvalue weighted by atomic mass is 9.99. The van der Waals surface area contributed by atoms with Crippen LogP contribution in [0.15, 0.2) is 4.52 Å². The van der Waals surface area contributed by atoms with Gasteiger partial charge in [0.15, 0.2) is 0 Å². The zero-order valence-electron chi connectivity index (χ0n) is 10.6. The highest BCUT2D eigenvalue weighted by Gasteiger charge is 2.17. The van der Waals surface area contributed by atoms with Crippen LogP contribution in [0.5, 0.6) is 0 Å². The Bertz CT molecular complexity index is 354. The number of aryl methyl sites for hydroxylation is 2. The molecule has 0 saturated heterocycles. The fourth-order valence-corrected chi connectivity index (χ4v) is 1.66. The van der Waals surface area contributed by atoms with Crippen LogP contribution in [0.2, 0.25) is 0 Å². The molecule has 5 heteroatoms. The van der Waals surface area contributed by atoms with Crippen LogP contribution in [-0.4, -0.2) is 29.3 Å². The molecule has 2 N–H and O–H groups in total. The lowest BCUT2D eigenvalue weighted by Crippen LogP contribution is -2.31. The van der Waals surface area contributed by atoms with Crippen LogP contribution in [0.4, 0.5) is 0 Å². The third kappa shape index (κ3) is 3.85. The molecule has 0 radical (unpaired) electrons. The first kappa shape index (κ1) is 13.7. The summed E-state index contributed by atoms with van der Waals surface area (Å²) in [5, 5.41) is 15.3. The molecule has 17 heavy (non-hydrogen) atoms. The van der Waals surface area contributed by atoms with E-state index in [1.54, 1.807) is 0 Å². The van der Waals surface area contributed by atoms with E-state index in [-0.39, 0.29) is 18.4 Å². The molecule has 1 aromatic heterocycles. The molecule has 0 aliphatic rings. The second-order valence-corrected chi connectivity index (χ2v) is 4.28. The Morgan fingerprint density at radius 1 is 1.53 bits per heavy atom.